The molecule has 0 bridgehead atoms. The van der Waals surface area contributed by atoms with Crippen molar-refractivity contribution in [1.82, 2.24) is 0 Å². The molecule has 0 fully saturated rings. The van der Waals surface area contributed by atoms with Crippen molar-refractivity contribution in [3.8, 4) is 17.2 Å². The van der Waals surface area contributed by atoms with Crippen LogP contribution in [0.3, 0.4) is 0 Å². The molecular weight excluding hydrogens is 336 g/mol. The average molecular weight is 348 g/mol. The SMILES string of the molecule is O=C(Oc1cccc2oc3ccc(O)c(O)c3c(=O)c12)c1ccccc1. The first-order valence-electron chi connectivity index (χ1n) is 7.74. The fourth-order valence-corrected chi connectivity index (χ4v) is 2.75. The molecule has 0 radical (unpaired) electrons. The molecule has 0 atom stereocenters. The monoisotopic (exact) mass is 348 g/mol. The first kappa shape index (κ1) is 15.7. The Kier molecular flexibility index (Phi) is 3.58. The number of phenolic OH excluding ortho intramolecular Hbond substituents is 2. The van der Waals surface area contributed by atoms with E-state index >= 15 is 0 Å². The predicted molar refractivity (Wildman–Crippen MR) is 94.7 cm³/mol. The van der Waals surface area contributed by atoms with Gasteiger partial charge in [-0.05, 0) is 36.4 Å². The van der Waals surface area contributed by atoms with Crippen LogP contribution >= 0.6 is 0 Å². The molecule has 0 spiro atoms. The van der Waals surface area contributed by atoms with Gasteiger partial charge in [-0.3, -0.25) is 4.79 Å². The van der Waals surface area contributed by atoms with E-state index in [0.29, 0.717) is 5.56 Å². The Labute approximate surface area is 146 Å². The third-order valence-corrected chi connectivity index (χ3v) is 3.99. The van der Waals surface area contributed by atoms with Gasteiger partial charge in [-0.15, -0.1) is 0 Å². The highest BCUT2D eigenvalue weighted by atomic mass is 16.5. The van der Waals surface area contributed by atoms with Gasteiger partial charge in [-0.1, -0.05) is 24.3 Å². The quantitative estimate of drug-likeness (QED) is 0.249. The topological polar surface area (TPSA) is 97.0 Å². The Hall–Kier alpha value is -3.80. The molecule has 128 valence electrons. The molecule has 4 aromatic rings. The molecule has 0 amide bonds. The Bertz CT molecular complexity index is 1210. The van der Waals surface area contributed by atoms with Crippen molar-refractivity contribution in [1.29, 1.82) is 0 Å². The lowest BCUT2D eigenvalue weighted by Gasteiger charge is -2.09. The molecular formula is C20H12O6. The van der Waals surface area contributed by atoms with E-state index in [1.54, 1.807) is 42.5 Å². The molecule has 2 N–H and O–H groups in total. The van der Waals surface area contributed by atoms with Crippen LogP contribution in [0.25, 0.3) is 21.9 Å². The highest BCUT2D eigenvalue weighted by molar-refractivity contribution is 5.99. The highest BCUT2D eigenvalue weighted by Gasteiger charge is 2.19. The zero-order chi connectivity index (χ0) is 18.3. The van der Waals surface area contributed by atoms with E-state index in [2.05, 4.69) is 0 Å². The van der Waals surface area contributed by atoms with Gasteiger partial charge in [-0.25, -0.2) is 4.79 Å². The second-order valence-electron chi connectivity index (χ2n) is 5.62. The van der Waals surface area contributed by atoms with Crippen LogP contribution in [0.5, 0.6) is 17.2 Å². The van der Waals surface area contributed by atoms with Crippen LogP contribution in [0.2, 0.25) is 0 Å². The zero-order valence-electron chi connectivity index (χ0n) is 13.3. The fourth-order valence-electron chi connectivity index (χ4n) is 2.75. The summed E-state index contributed by atoms with van der Waals surface area (Å²) in [7, 11) is 0. The van der Waals surface area contributed by atoms with Gasteiger partial charge >= 0.3 is 5.97 Å². The van der Waals surface area contributed by atoms with Crippen molar-refractivity contribution in [2.75, 3.05) is 0 Å². The van der Waals surface area contributed by atoms with Crippen LogP contribution < -0.4 is 10.2 Å². The Morgan fingerprint density at radius 3 is 2.35 bits per heavy atom. The lowest BCUT2D eigenvalue weighted by molar-refractivity contribution is 0.0737. The van der Waals surface area contributed by atoms with Crippen molar-refractivity contribution in [2.45, 2.75) is 0 Å². The van der Waals surface area contributed by atoms with Crippen LogP contribution in [0, 0.1) is 0 Å². The van der Waals surface area contributed by atoms with Crippen molar-refractivity contribution >= 4 is 27.9 Å². The normalized spacial score (nSPS) is 10.9. The minimum atomic E-state index is -0.627. The van der Waals surface area contributed by atoms with Gasteiger partial charge in [0.25, 0.3) is 0 Å². The molecule has 0 aliphatic heterocycles. The van der Waals surface area contributed by atoms with E-state index < -0.39 is 22.9 Å². The molecule has 0 unspecified atom stereocenters. The number of fused-ring (bicyclic) bond motifs is 2. The van der Waals surface area contributed by atoms with Crippen molar-refractivity contribution in [3.05, 3.63) is 76.5 Å². The Morgan fingerprint density at radius 1 is 0.846 bits per heavy atom. The second kappa shape index (κ2) is 5.93. The second-order valence-corrected chi connectivity index (χ2v) is 5.62. The third kappa shape index (κ3) is 2.44. The molecule has 0 saturated carbocycles. The smallest absolute Gasteiger partial charge is 0.343 e. The predicted octanol–water partition coefficient (Wildman–Crippen LogP) is 3.58. The molecule has 1 heterocycles. The largest absolute Gasteiger partial charge is 0.504 e. The van der Waals surface area contributed by atoms with Gasteiger partial charge in [0.15, 0.2) is 11.5 Å². The molecule has 6 heteroatoms. The standard InChI is InChI=1S/C20H12O6/c21-12-9-10-15-17(18(12)22)19(23)16-13(25-15)7-4-8-14(16)26-20(24)11-5-2-1-3-6-11/h1-10,21-22H. The molecule has 0 aliphatic carbocycles. The van der Waals surface area contributed by atoms with E-state index in [1.807, 2.05) is 0 Å². The summed E-state index contributed by atoms with van der Waals surface area (Å²) in [6, 6.07) is 15.6. The van der Waals surface area contributed by atoms with Crippen LogP contribution in [0.15, 0.2) is 69.9 Å². The molecule has 0 saturated heterocycles. The Morgan fingerprint density at radius 2 is 1.58 bits per heavy atom. The van der Waals surface area contributed by atoms with Gasteiger partial charge in [0.2, 0.25) is 5.43 Å². The molecule has 6 nitrogen and oxygen atoms in total. The van der Waals surface area contributed by atoms with Gasteiger partial charge < -0.3 is 19.4 Å². The van der Waals surface area contributed by atoms with Crippen molar-refractivity contribution in [3.63, 3.8) is 0 Å². The number of esters is 1. The minimum absolute atomic E-state index is 0.00480. The van der Waals surface area contributed by atoms with Crippen molar-refractivity contribution < 1.29 is 24.2 Å². The zero-order valence-corrected chi connectivity index (χ0v) is 13.3. The van der Waals surface area contributed by atoms with Crippen LogP contribution in [-0.2, 0) is 0 Å². The fraction of sp³-hybridized carbons (Fsp3) is 0. The van der Waals surface area contributed by atoms with Crippen LogP contribution in [0.4, 0.5) is 0 Å². The number of phenols is 2. The summed E-state index contributed by atoms with van der Waals surface area (Å²) in [5.41, 5.74) is 0.0385. The molecule has 4 rings (SSSR count). The lowest BCUT2D eigenvalue weighted by atomic mass is 10.1. The maximum absolute atomic E-state index is 12.9. The molecule has 0 aliphatic rings. The summed E-state index contributed by atoms with van der Waals surface area (Å²) in [6.45, 7) is 0. The first-order chi connectivity index (χ1) is 12.6. The molecule has 26 heavy (non-hydrogen) atoms. The average Bonchev–Trinajstić information content (AvgIpc) is 2.65. The number of benzene rings is 3. The number of carbonyl (C=O) groups excluding carboxylic acids is 1. The third-order valence-electron chi connectivity index (χ3n) is 3.99. The van der Waals surface area contributed by atoms with Gasteiger partial charge in [-0.2, -0.15) is 0 Å². The number of aromatic hydroxyl groups is 2. The number of carbonyl (C=O) groups is 1. The summed E-state index contributed by atoms with van der Waals surface area (Å²) < 4.78 is 11.0. The van der Waals surface area contributed by atoms with Gasteiger partial charge in [0, 0.05) is 0 Å². The van der Waals surface area contributed by atoms with Gasteiger partial charge in [0.1, 0.15) is 27.7 Å². The summed E-state index contributed by atoms with van der Waals surface area (Å²) in [5, 5.41) is 19.5. The van der Waals surface area contributed by atoms with Gasteiger partial charge in [0.05, 0.1) is 5.56 Å². The van der Waals surface area contributed by atoms with Crippen LogP contribution in [0.1, 0.15) is 10.4 Å². The highest BCUT2D eigenvalue weighted by Crippen LogP contribution is 2.34. The summed E-state index contributed by atoms with van der Waals surface area (Å²) in [5.74, 6) is -1.64. The number of ether oxygens (including phenoxy) is 1. The summed E-state index contributed by atoms with van der Waals surface area (Å²) in [6.07, 6.45) is 0. The maximum atomic E-state index is 12.9. The molecule has 1 aromatic heterocycles. The molecule has 3 aromatic carbocycles. The lowest BCUT2D eigenvalue weighted by Crippen LogP contribution is -2.11. The Balaban J connectivity index is 1.94. The van der Waals surface area contributed by atoms with E-state index in [1.165, 1.54) is 18.2 Å². The van der Waals surface area contributed by atoms with E-state index in [0.717, 1.165) is 0 Å². The van der Waals surface area contributed by atoms with E-state index in [-0.39, 0.29) is 27.7 Å². The number of hydrogen-bond acceptors (Lipinski definition) is 6. The van der Waals surface area contributed by atoms with Crippen LogP contribution in [-0.4, -0.2) is 16.2 Å². The maximum Gasteiger partial charge on any atom is 0.343 e. The van der Waals surface area contributed by atoms with E-state index in [4.69, 9.17) is 9.15 Å². The summed E-state index contributed by atoms with van der Waals surface area (Å²) in [4.78, 5) is 25.2. The minimum Gasteiger partial charge on any atom is -0.504 e. The number of hydrogen-bond donors (Lipinski definition) is 2. The first-order valence-corrected chi connectivity index (χ1v) is 7.74. The van der Waals surface area contributed by atoms with E-state index in [9.17, 15) is 19.8 Å². The summed E-state index contributed by atoms with van der Waals surface area (Å²) >= 11 is 0. The number of rotatable bonds is 2. The van der Waals surface area contributed by atoms with Crippen molar-refractivity contribution in [2.24, 2.45) is 0 Å².